The average molecular weight is 172 g/mol. The zero-order chi connectivity index (χ0) is 8.27. The maximum Gasteiger partial charge on any atom is 0.245 e. The predicted octanol–water partition coefficient (Wildman–Crippen LogP) is 0.481. The molecule has 1 fully saturated rings. The standard InChI is InChI=1S/C6H10N3OS/c1-3-5-8-9-6(11-5)7-4(2)10/h5,8H,3H2,1-2H3. The van der Waals surface area contributed by atoms with Crippen molar-refractivity contribution in [1.82, 2.24) is 10.9 Å². The van der Waals surface area contributed by atoms with Crippen molar-refractivity contribution < 1.29 is 4.79 Å². The molecule has 1 aliphatic heterocycles. The molecule has 5 heteroatoms. The average Bonchev–Trinajstić information content (AvgIpc) is 2.34. The van der Waals surface area contributed by atoms with Gasteiger partial charge in [-0.1, -0.05) is 18.7 Å². The van der Waals surface area contributed by atoms with Crippen molar-refractivity contribution in [2.75, 3.05) is 0 Å². The number of nitrogens with zero attached hydrogens (tertiary/aromatic N) is 2. The van der Waals surface area contributed by atoms with Crippen molar-refractivity contribution in [2.24, 2.45) is 4.99 Å². The van der Waals surface area contributed by atoms with E-state index in [4.69, 9.17) is 0 Å². The Hall–Kier alpha value is -0.550. The second kappa shape index (κ2) is 3.73. The second-order valence-corrected chi connectivity index (χ2v) is 3.34. The van der Waals surface area contributed by atoms with Crippen LogP contribution in [0.25, 0.3) is 0 Å². The van der Waals surface area contributed by atoms with E-state index in [2.05, 4.69) is 22.8 Å². The maximum absolute atomic E-state index is 10.5. The van der Waals surface area contributed by atoms with Crippen molar-refractivity contribution in [3.05, 3.63) is 0 Å². The molecular weight excluding hydrogens is 162 g/mol. The smallest absolute Gasteiger partial charge is 0.245 e. The lowest BCUT2D eigenvalue weighted by Crippen LogP contribution is -2.24. The molecule has 1 saturated heterocycles. The van der Waals surface area contributed by atoms with E-state index in [-0.39, 0.29) is 11.3 Å². The number of hydrogen-bond donors (Lipinski definition) is 1. The second-order valence-electron chi connectivity index (χ2n) is 2.17. The van der Waals surface area contributed by atoms with Crippen molar-refractivity contribution in [1.29, 1.82) is 0 Å². The molecule has 1 amide bonds. The molecule has 1 atom stereocenters. The van der Waals surface area contributed by atoms with Crippen molar-refractivity contribution in [3.63, 3.8) is 0 Å². The van der Waals surface area contributed by atoms with Crippen LogP contribution in [0.3, 0.4) is 0 Å². The van der Waals surface area contributed by atoms with Gasteiger partial charge >= 0.3 is 0 Å². The first kappa shape index (κ1) is 8.55. The summed E-state index contributed by atoms with van der Waals surface area (Å²) in [6.45, 7) is 3.47. The van der Waals surface area contributed by atoms with Gasteiger partial charge in [-0.3, -0.25) is 4.79 Å². The topological polar surface area (TPSA) is 55.6 Å². The van der Waals surface area contributed by atoms with E-state index in [0.717, 1.165) is 6.42 Å². The summed E-state index contributed by atoms with van der Waals surface area (Å²) in [5, 5.41) is 0.831. The molecule has 1 radical (unpaired) electrons. The highest BCUT2D eigenvalue weighted by atomic mass is 32.2. The Morgan fingerprint density at radius 2 is 2.64 bits per heavy atom. The summed E-state index contributed by atoms with van der Waals surface area (Å²) in [5.41, 5.74) is 6.74. The van der Waals surface area contributed by atoms with Crippen LogP contribution < -0.4 is 10.9 Å². The first-order valence-corrected chi connectivity index (χ1v) is 4.32. The van der Waals surface area contributed by atoms with E-state index in [0.29, 0.717) is 5.17 Å². The molecule has 1 heterocycles. The van der Waals surface area contributed by atoms with Gasteiger partial charge in [-0.15, -0.1) is 0 Å². The van der Waals surface area contributed by atoms with Crippen LogP contribution in [0.15, 0.2) is 4.99 Å². The molecule has 4 nitrogen and oxygen atoms in total. The van der Waals surface area contributed by atoms with Crippen LogP contribution in [-0.2, 0) is 4.79 Å². The number of aliphatic imine (C=N–C) groups is 1. The van der Waals surface area contributed by atoms with Gasteiger partial charge in [0.1, 0.15) is 0 Å². The highest BCUT2D eigenvalue weighted by molar-refractivity contribution is 8.14. The zero-order valence-corrected chi connectivity index (χ0v) is 7.31. The van der Waals surface area contributed by atoms with Gasteiger partial charge in [0.25, 0.3) is 0 Å². The number of thioether (sulfide) groups is 1. The first-order valence-electron chi connectivity index (χ1n) is 3.44. The van der Waals surface area contributed by atoms with Gasteiger partial charge in [-0.05, 0) is 6.42 Å². The minimum absolute atomic E-state index is 0.199. The Labute approximate surface area is 69.8 Å². The molecule has 0 saturated carbocycles. The Morgan fingerprint density at radius 1 is 1.91 bits per heavy atom. The minimum Gasteiger partial charge on any atom is -0.273 e. The molecule has 1 aliphatic rings. The van der Waals surface area contributed by atoms with Crippen LogP contribution in [0, 0.1) is 0 Å². The van der Waals surface area contributed by atoms with Crippen molar-refractivity contribution in [3.8, 4) is 0 Å². The van der Waals surface area contributed by atoms with E-state index in [1.165, 1.54) is 18.7 Å². The quantitative estimate of drug-likeness (QED) is 0.626. The summed E-state index contributed by atoms with van der Waals surface area (Å²) >= 11 is 1.49. The Kier molecular flexibility index (Phi) is 2.90. The Morgan fingerprint density at radius 3 is 3.09 bits per heavy atom. The van der Waals surface area contributed by atoms with Gasteiger partial charge in [0.15, 0.2) is 0 Å². The van der Waals surface area contributed by atoms with E-state index in [1.807, 2.05) is 0 Å². The molecule has 61 valence electrons. The monoisotopic (exact) mass is 172 g/mol. The number of carbonyl (C=O) groups is 1. The fraction of sp³-hybridized carbons (Fsp3) is 0.667. The highest BCUT2D eigenvalue weighted by Gasteiger charge is 2.20. The Bertz CT molecular complexity index is 192. The van der Waals surface area contributed by atoms with Crippen LogP contribution >= 0.6 is 11.8 Å². The Balaban J connectivity index is 2.47. The third-order valence-electron chi connectivity index (χ3n) is 1.18. The third-order valence-corrected chi connectivity index (χ3v) is 2.29. The molecular formula is C6H10N3OS. The molecule has 0 aromatic rings. The van der Waals surface area contributed by atoms with Gasteiger partial charge in [0.05, 0.1) is 5.37 Å². The molecule has 0 aliphatic carbocycles. The summed E-state index contributed by atoms with van der Waals surface area (Å²) in [4.78, 5) is 14.2. The van der Waals surface area contributed by atoms with Crippen molar-refractivity contribution in [2.45, 2.75) is 25.6 Å². The molecule has 1 unspecified atom stereocenters. The molecule has 0 bridgehead atoms. The lowest BCUT2D eigenvalue weighted by Gasteiger charge is -1.97. The van der Waals surface area contributed by atoms with Crippen molar-refractivity contribution >= 4 is 22.8 Å². The normalized spacial score (nSPS) is 27.1. The SMILES string of the molecule is CCC1N[N]C(=NC(C)=O)S1. The van der Waals surface area contributed by atoms with Gasteiger partial charge in [0.2, 0.25) is 11.1 Å². The number of amidine groups is 1. The molecule has 1 N–H and O–H groups in total. The summed E-state index contributed by atoms with van der Waals surface area (Å²) in [6.07, 6.45) is 0.977. The van der Waals surface area contributed by atoms with Crippen LogP contribution in [0.2, 0.25) is 0 Å². The van der Waals surface area contributed by atoms with Crippen LogP contribution in [0.1, 0.15) is 20.3 Å². The first-order chi connectivity index (χ1) is 5.22. The third kappa shape index (κ3) is 2.51. The van der Waals surface area contributed by atoms with Crippen LogP contribution in [0.5, 0.6) is 0 Å². The van der Waals surface area contributed by atoms with Crippen LogP contribution in [0.4, 0.5) is 0 Å². The largest absolute Gasteiger partial charge is 0.273 e. The van der Waals surface area contributed by atoms with E-state index in [9.17, 15) is 4.79 Å². The molecule has 0 aromatic carbocycles. The van der Waals surface area contributed by atoms with E-state index >= 15 is 0 Å². The fourth-order valence-corrected chi connectivity index (χ4v) is 1.48. The number of amides is 1. The highest BCUT2D eigenvalue weighted by Crippen LogP contribution is 2.17. The van der Waals surface area contributed by atoms with Gasteiger partial charge in [-0.2, -0.15) is 15.8 Å². The summed E-state index contributed by atoms with van der Waals surface area (Å²) in [5.74, 6) is -0.199. The van der Waals surface area contributed by atoms with E-state index in [1.54, 1.807) is 0 Å². The minimum atomic E-state index is -0.199. The summed E-state index contributed by atoms with van der Waals surface area (Å²) < 4.78 is 0. The fourth-order valence-electron chi connectivity index (χ4n) is 0.668. The van der Waals surface area contributed by atoms with Gasteiger partial charge < -0.3 is 0 Å². The lowest BCUT2D eigenvalue weighted by molar-refractivity contribution is -0.115. The number of rotatable bonds is 1. The molecule has 0 spiro atoms. The van der Waals surface area contributed by atoms with Gasteiger partial charge in [0, 0.05) is 6.92 Å². The number of nitrogens with one attached hydrogen (secondary N) is 1. The van der Waals surface area contributed by atoms with Crippen LogP contribution in [-0.4, -0.2) is 16.4 Å². The maximum atomic E-state index is 10.5. The van der Waals surface area contributed by atoms with Gasteiger partial charge in [-0.25, -0.2) is 0 Å². The molecule has 0 aromatic heterocycles. The molecule has 1 rings (SSSR count). The molecule has 11 heavy (non-hydrogen) atoms. The predicted molar refractivity (Wildman–Crippen MR) is 45.1 cm³/mol. The summed E-state index contributed by atoms with van der Waals surface area (Å²) in [7, 11) is 0. The number of carbonyl (C=O) groups excluding carboxylic acids is 1. The van der Waals surface area contributed by atoms with E-state index < -0.39 is 0 Å². The summed E-state index contributed by atoms with van der Waals surface area (Å²) in [6, 6.07) is 0. The lowest BCUT2D eigenvalue weighted by atomic mass is 10.5. The number of hydrogen-bond acceptors (Lipinski definition) is 3. The zero-order valence-electron chi connectivity index (χ0n) is 6.50.